The molecule has 2 aromatic heterocycles. The number of aromatic nitrogens is 2. The third kappa shape index (κ3) is 3.20. The molecule has 0 saturated carbocycles. The number of thiophene rings is 1. The zero-order chi connectivity index (χ0) is 15.5. The average Bonchev–Trinajstić information content (AvgIpc) is 3.13. The quantitative estimate of drug-likeness (QED) is 0.800. The lowest BCUT2D eigenvalue weighted by atomic mass is 10.2. The molecule has 3 aromatic rings. The zero-order valence-electron chi connectivity index (χ0n) is 11.7. The number of hydrogen-bond acceptors (Lipinski definition) is 5. The Labute approximate surface area is 129 Å². The molecular weight excluding hydrogens is 305 g/mol. The Bertz CT molecular complexity index is 799. The molecule has 112 valence electrons. The molecule has 1 N–H and O–H groups in total. The zero-order valence-corrected chi connectivity index (χ0v) is 12.5. The van der Waals surface area contributed by atoms with Crippen LogP contribution in [0.5, 0.6) is 0 Å². The van der Waals surface area contributed by atoms with E-state index in [1.54, 1.807) is 13.0 Å². The van der Waals surface area contributed by atoms with Crippen molar-refractivity contribution in [3.05, 3.63) is 52.3 Å². The lowest BCUT2D eigenvalue weighted by Crippen LogP contribution is -2.14. The van der Waals surface area contributed by atoms with Gasteiger partial charge in [0.25, 0.3) is 0 Å². The number of rotatable bonds is 4. The topological polar surface area (TPSA) is 68.0 Å². The Morgan fingerprint density at radius 3 is 2.95 bits per heavy atom. The highest BCUT2D eigenvalue weighted by Crippen LogP contribution is 2.20. The van der Waals surface area contributed by atoms with E-state index in [1.165, 1.54) is 23.5 Å². The summed E-state index contributed by atoms with van der Waals surface area (Å²) in [4.78, 5) is 11.9. The molecule has 0 atom stereocenters. The molecule has 0 unspecified atom stereocenters. The van der Waals surface area contributed by atoms with Crippen molar-refractivity contribution >= 4 is 22.9 Å². The monoisotopic (exact) mass is 317 g/mol. The maximum Gasteiger partial charge on any atom is 0.248 e. The van der Waals surface area contributed by atoms with Gasteiger partial charge in [0.2, 0.25) is 17.7 Å². The summed E-state index contributed by atoms with van der Waals surface area (Å²) in [6.45, 7) is 1.64. The van der Waals surface area contributed by atoms with Crippen LogP contribution >= 0.6 is 11.3 Å². The number of hydrogen-bond donors (Lipinski definition) is 1. The first-order chi connectivity index (χ1) is 10.6. The molecule has 0 aliphatic heterocycles. The van der Waals surface area contributed by atoms with Crippen LogP contribution < -0.4 is 5.32 Å². The number of nitrogens with zero attached hydrogens (tertiary/aromatic N) is 2. The molecule has 1 amide bonds. The number of aryl methyl sites for hydroxylation is 1. The maximum absolute atomic E-state index is 13.2. The van der Waals surface area contributed by atoms with Crippen LogP contribution in [-0.2, 0) is 11.2 Å². The van der Waals surface area contributed by atoms with Gasteiger partial charge in [-0.15, -0.1) is 10.2 Å². The van der Waals surface area contributed by atoms with E-state index in [1.807, 2.05) is 16.8 Å². The fourth-order valence-electron chi connectivity index (χ4n) is 1.89. The molecule has 0 radical (unpaired) electrons. The molecule has 2 heterocycles. The van der Waals surface area contributed by atoms with Crippen LogP contribution in [0.25, 0.3) is 11.5 Å². The number of benzene rings is 1. The first-order valence-corrected chi connectivity index (χ1v) is 7.47. The Kier molecular flexibility index (Phi) is 3.97. The third-order valence-electron chi connectivity index (χ3n) is 2.99. The van der Waals surface area contributed by atoms with Crippen molar-refractivity contribution in [3.63, 3.8) is 0 Å². The predicted octanol–water partition coefficient (Wildman–Crippen LogP) is 3.43. The SMILES string of the molecule is Cc1cc(NC(=O)Cc2nnc(-c3ccsc3)o2)ccc1F. The van der Waals surface area contributed by atoms with Crippen LogP contribution in [0.4, 0.5) is 10.1 Å². The van der Waals surface area contributed by atoms with Crippen LogP contribution in [0.2, 0.25) is 0 Å². The van der Waals surface area contributed by atoms with Crippen LogP contribution in [0, 0.1) is 12.7 Å². The molecule has 0 fully saturated rings. The molecule has 0 aliphatic carbocycles. The van der Waals surface area contributed by atoms with Crippen LogP contribution in [-0.4, -0.2) is 16.1 Å². The van der Waals surface area contributed by atoms with Gasteiger partial charge in [0.15, 0.2) is 0 Å². The summed E-state index contributed by atoms with van der Waals surface area (Å²) < 4.78 is 18.6. The smallest absolute Gasteiger partial charge is 0.248 e. The van der Waals surface area contributed by atoms with Crippen molar-refractivity contribution < 1.29 is 13.6 Å². The third-order valence-corrected chi connectivity index (χ3v) is 3.67. The minimum absolute atomic E-state index is 0.0342. The van der Waals surface area contributed by atoms with Crippen LogP contribution in [0.15, 0.2) is 39.4 Å². The van der Waals surface area contributed by atoms with Gasteiger partial charge in [-0.2, -0.15) is 11.3 Å². The normalized spacial score (nSPS) is 10.6. The molecule has 0 saturated heterocycles. The summed E-state index contributed by atoms with van der Waals surface area (Å²) in [7, 11) is 0. The first kappa shape index (κ1) is 14.4. The van der Waals surface area contributed by atoms with Crippen molar-refractivity contribution in [3.8, 4) is 11.5 Å². The van der Waals surface area contributed by atoms with Crippen molar-refractivity contribution in [1.29, 1.82) is 0 Å². The second-order valence-electron chi connectivity index (χ2n) is 4.70. The fourth-order valence-corrected chi connectivity index (χ4v) is 2.52. The molecule has 7 heteroatoms. The molecule has 5 nitrogen and oxygen atoms in total. The van der Waals surface area contributed by atoms with Crippen molar-refractivity contribution in [2.75, 3.05) is 5.32 Å². The van der Waals surface area contributed by atoms with E-state index in [-0.39, 0.29) is 24.0 Å². The summed E-state index contributed by atoms with van der Waals surface area (Å²) >= 11 is 1.52. The van der Waals surface area contributed by atoms with Gasteiger partial charge < -0.3 is 9.73 Å². The van der Waals surface area contributed by atoms with Gasteiger partial charge in [-0.1, -0.05) is 0 Å². The molecule has 0 bridgehead atoms. The minimum atomic E-state index is -0.310. The first-order valence-electron chi connectivity index (χ1n) is 6.53. The standard InChI is InChI=1S/C15H12FN3O2S/c1-9-6-11(2-3-12(9)16)17-13(20)7-14-18-19-15(21-14)10-4-5-22-8-10/h2-6,8H,7H2,1H3,(H,17,20). The highest BCUT2D eigenvalue weighted by atomic mass is 32.1. The minimum Gasteiger partial charge on any atom is -0.420 e. The van der Waals surface area contributed by atoms with E-state index >= 15 is 0 Å². The largest absolute Gasteiger partial charge is 0.420 e. The van der Waals surface area contributed by atoms with Gasteiger partial charge in [0.1, 0.15) is 12.2 Å². The Morgan fingerprint density at radius 1 is 1.36 bits per heavy atom. The molecule has 0 spiro atoms. The Morgan fingerprint density at radius 2 is 2.23 bits per heavy atom. The maximum atomic E-state index is 13.2. The number of carbonyl (C=O) groups is 1. The second kappa shape index (κ2) is 6.07. The fraction of sp³-hybridized carbons (Fsp3) is 0.133. The summed E-state index contributed by atoms with van der Waals surface area (Å²) in [5.41, 5.74) is 1.83. The number of carbonyl (C=O) groups excluding carboxylic acids is 1. The highest BCUT2D eigenvalue weighted by Gasteiger charge is 2.13. The highest BCUT2D eigenvalue weighted by molar-refractivity contribution is 7.08. The summed E-state index contributed by atoms with van der Waals surface area (Å²) in [5.74, 6) is 0.0149. The number of anilines is 1. The summed E-state index contributed by atoms with van der Waals surface area (Å²) in [5, 5.41) is 14.2. The average molecular weight is 317 g/mol. The van der Waals surface area contributed by atoms with Crippen LogP contribution in [0.1, 0.15) is 11.5 Å². The van der Waals surface area contributed by atoms with Gasteiger partial charge in [-0.05, 0) is 42.1 Å². The van der Waals surface area contributed by atoms with Gasteiger partial charge in [0.05, 0.1) is 0 Å². The molecule has 22 heavy (non-hydrogen) atoms. The van der Waals surface area contributed by atoms with Gasteiger partial charge in [-0.3, -0.25) is 4.79 Å². The van der Waals surface area contributed by atoms with Crippen molar-refractivity contribution in [2.24, 2.45) is 0 Å². The van der Waals surface area contributed by atoms with Gasteiger partial charge in [0, 0.05) is 16.6 Å². The lowest BCUT2D eigenvalue weighted by molar-refractivity contribution is -0.115. The van der Waals surface area contributed by atoms with Gasteiger partial charge in [-0.25, -0.2) is 4.39 Å². The predicted molar refractivity (Wildman–Crippen MR) is 81.1 cm³/mol. The van der Waals surface area contributed by atoms with E-state index in [0.717, 1.165) is 5.56 Å². The molecule has 0 aliphatic rings. The van der Waals surface area contributed by atoms with Crippen LogP contribution in [0.3, 0.4) is 0 Å². The van der Waals surface area contributed by atoms with E-state index in [0.29, 0.717) is 17.1 Å². The summed E-state index contributed by atoms with van der Waals surface area (Å²) in [6, 6.07) is 6.25. The van der Waals surface area contributed by atoms with E-state index < -0.39 is 0 Å². The Hall–Kier alpha value is -2.54. The summed E-state index contributed by atoms with van der Waals surface area (Å²) in [6.07, 6.45) is -0.0342. The number of halogens is 1. The van der Waals surface area contributed by atoms with Crippen molar-refractivity contribution in [2.45, 2.75) is 13.3 Å². The van der Waals surface area contributed by atoms with E-state index in [2.05, 4.69) is 15.5 Å². The van der Waals surface area contributed by atoms with Gasteiger partial charge >= 0.3 is 0 Å². The second-order valence-corrected chi connectivity index (χ2v) is 5.48. The molecule has 1 aromatic carbocycles. The van der Waals surface area contributed by atoms with E-state index in [9.17, 15) is 9.18 Å². The number of amides is 1. The molecule has 3 rings (SSSR count). The lowest BCUT2D eigenvalue weighted by Gasteiger charge is -2.05. The Balaban J connectivity index is 1.65. The molecular formula is C15H12FN3O2S. The van der Waals surface area contributed by atoms with Crippen molar-refractivity contribution in [1.82, 2.24) is 10.2 Å². The van der Waals surface area contributed by atoms with E-state index in [4.69, 9.17) is 4.42 Å². The number of nitrogens with one attached hydrogen (secondary N) is 1.